The number of carbonyl (C=O) groups excluding carboxylic acids is 2. The highest BCUT2D eigenvalue weighted by Crippen LogP contribution is 2.27. The number of nitrogens with zero attached hydrogens (tertiary/aromatic N) is 1. The molecule has 2 aromatic carbocycles. The first kappa shape index (κ1) is 22.8. The van der Waals surface area contributed by atoms with Crippen LogP contribution in [0.25, 0.3) is 0 Å². The average Bonchev–Trinajstić information content (AvgIpc) is 2.76. The minimum absolute atomic E-state index is 0.108. The summed E-state index contributed by atoms with van der Waals surface area (Å²) in [6.45, 7) is -0.152. The third-order valence-electron chi connectivity index (χ3n) is 3.73. The number of rotatable bonds is 9. The van der Waals surface area contributed by atoms with Gasteiger partial charge >= 0.3 is 0 Å². The Morgan fingerprint density at radius 2 is 1.87 bits per heavy atom. The zero-order valence-corrected chi connectivity index (χ0v) is 18.0. The highest BCUT2D eigenvalue weighted by atomic mass is 79.9. The molecule has 0 bridgehead atoms. The monoisotopic (exact) mass is 473 g/mol. The Labute approximate surface area is 182 Å². The molecular weight excluding hydrogens is 454 g/mol. The zero-order valence-electron chi connectivity index (χ0n) is 16.4. The lowest BCUT2D eigenvalue weighted by Gasteiger charge is -2.09. The van der Waals surface area contributed by atoms with Crippen LogP contribution in [0.1, 0.15) is 15.9 Å². The molecule has 8 nitrogen and oxygen atoms in total. The van der Waals surface area contributed by atoms with Gasteiger partial charge in [0.15, 0.2) is 11.5 Å². The largest absolute Gasteiger partial charge is 0.493 e. The van der Waals surface area contributed by atoms with Crippen LogP contribution in [-0.2, 0) is 4.79 Å². The number of benzene rings is 2. The minimum Gasteiger partial charge on any atom is -0.493 e. The number of hydrogen-bond donors (Lipinski definition) is 2. The fraction of sp³-hybridized carbons (Fsp3) is 0.190. The SMILES string of the molecule is C#CCOc1ccc(Br)cc1/C=N\NC(=O)CNC(=O)c1ccc(OC)c(OC)c1. The van der Waals surface area contributed by atoms with Gasteiger partial charge < -0.3 is 19.5 Å². The van der Waals surface area contributed by atoms with Crippen molar-refractivity contribution in [1.82, 2.24) is 10.7 Å². The van der Waals surface area contributed by atoms with E-state index in [1.54, 1.807) is 30.3 Å². The van der Waals surface area contributed by atoms with E-state index in [0.29, 0.717) is 28.4 Å². The summed E-state index contributed by atoms with van der Waals surface area (Å²) in [4.78, 5) is 24.2. The predicted molar refractivity (Wildman–Crippen MR) is 116 cm³/mol. The second-order valence-corrected chi connectivity index (χ2v) is 6.64. The molecule has 156 valence electrons. The van der Waals surface area contributed by atoms with Gasteiger partial charge in [0.05, 0.1) is 27.0 Å². The molecule has 0 saturated carbocycles. The van der Waals surface area contributed by atoms with Gasteiger partial charge in [0.2, 0.25) is 0 Å². The van der Waals surface area contributed by atoms with E-state index in [1.807, 2.05) is 0 Å². The van der Waals surface area contributed by atoms with Crippen molar-refractivity contribution in [3.05, 3.63) is 52.0 Å². The van der Waals surface area contributed by atoms with Crippen LogP contribution >= 0.6 is 15.9 Å². The molecule has 9 heteroatoms. The van der Waals surface area contributed by atoms with Gasteiger partial charge in [0.25, 0.3) is 11.8 Å². The second-order valence-electron chi connectivity index (χ2n) is 5.72. The number of amides is 2. The molecule has 2 rings (SSSR count). The summed E-state index contributed by atoms with van der Waals surface area (Å²) in [5.74, 6) is 2.88. The molecule has 0 atom stereocenters. The maximum Gasteiger partial charge on any atom is 0.259 e. The maximum atomic E-state index is 12.2. The van der Waals surface area contributed by atoms with E-state index < -0.39 is 11.8 Å². The van der Waals surface area contributed by atoms with Crippen molar-refractivity contribution in [1.29, 1.82) is 0 Å². The fourth-order valence-electron chi connectivity index (χ4n) is 2.32. The van der Waals surface area contributed by atoms with Crippen molar-refractivity contribution < 1.29 is 23.8 Å². The normalized spacial score (nSPS) is 10.2. The lowest BCUT2D eigenvalue weighted by atomic mass is 10.2. The van der Waals surface area contributed by atoms with Crippen LogP contribution in [0, 0.1) is 12.3 Å². The Balaban J connectivity index is 1.92. The standard InChI is InChI=1S/C21H20BrN3O5/c1-4-9-30-17-8-6-16(22)10-15(17)12-24-25-20(26)13-23-21(27)14-5-7-18(28-2)19(11-14)29-3/h1,5-8,10-12H,9,13H2,2-3H3,(H,23,27)(H,25,26)/b24-12-. The summed E-state index contributed by atoms with van der Waals surface area (Å²) >= 11 is 3.36. The summed E-state index contributed by atoms with van der Waals surface area (Å²) in [6.07, 6.45) is 6.63. The maximum absolute atomic E-state index is 12.2. The number of terminal acetylenes is 1. The molecule has 0 unspecified atom stereocenters. The van der Waals surface area contributed by atoms with Gasteiger partial charge in [-0.2, -0.15) is 5.10 Å². The summed E-state index contributed by atoms with van der Waals surface area (Å²) < 4.78 is 16.5. The molecule has 0 aliphatic rings. The highest BCUT2D eigenvalue weighted by Gasteiger charge is 2.12. The van der Waals surface area contributed by atoms with E-state index in [9.17, 15) is 9.59 Å². The van der Waals surface area contributed by atoms with Crippen LogP contribution in [-0.4, -0.2) is 45.4 Å². The molecular formula is C21H20BrN3O5. The topological polar surface area (TPSA) is 98.2 Å². The van der Waals surface area contributed by atoms with E-state index in [0.717, 1.165) is 4.47 Å². The first-order chi connectivity index (χ1) is 14.5. The van der Waals surface area contributed by atoms with Crippen molar-refractivity contribution in [3.8, 4) is 29.6 Å². The molecule has 2 aromatic rings. The second kappa shape index (κ2) is 11.5. The Morgan fingerprint density at radius 1 is 1.13 bits per heavy atom. The number of methoxy groups -OCH3 is 2. The van der Waals surface area contributed by atoms with E-state index in [1.165, 1.54) is 26.5 Å². The molecule has 0 radical (unpaired) electrons. The predicted octanol–water partition coefficient (Wildman–Crippen LogP) is 2.36. The van der Waals surface area contributed by atoms with Crippen molar-refractivity contribution in [2.75, 3.05) is 27.4 Å². The van der Waals surface area contributed by atoms with E-state index >= 15 is 0 Å². The molecule has 0 aliphatic heterocycles. The lowest BCUT2D eigenvalue weighted by Crippen LogP contribution is -2.34. The third kappa shape index (κ3) is 6.53. The van der Waals surface area contributed by atoms with Crippen molar-refractivity contribution >= 4 is 34.0 Å². The van der Waals surface area contributed by atoms with Gasteiger partial charge in [-0.05, 0) is 36.4 Å². The highest BCUT2D eigenvalue weighted by molar-refractivity contribution is 9.10. The van der Waals surface area contributed by atoms with Crippen LogP contribution in [0.15, 0.2) is 46.0 Å². The molecule has 0 heterocycles. The molecule has 0 spiro atoms. The number of carbonyl (C=O) groups is 2. The number of hydrazone groups is 1. The van der Waals surface area contributed by atoms with Crippen molar-refractivity contribution in [2.24, 2.45) is 5.10 Å². The lowest BCUT2D eigenvalue weighted by molar-refractivity contribution is -0.120. The molecule has 0 fully saturated rings. The number of hydrogen-bond acceptors (Lipinski definition) is 6. The summed E-state index contributed by atoms with van der Waals surface area (Å²) in [7, 11) is 2.97. The van der Waals surface area contributed by atoms with Gasteiger partial charge in [-0.15, -0.1) is 6.42 Å². The Kier molecular flexibility index (Phi) is 8.72. The first-order valence-electron chi connectivity index (χ1n) is 8.66. The first-order valence-corrected chi connectivity index (χ1v) is 9.45. The summed E-state index contributed by atoms with van der Waals surface area (Å²) in [5, 5.41) is 6.40. The van der Waals surface area contributed by atoms with Gasteiger partial charge in [-0.1, -0.05) is 21.9 Å². The molecule has 2 amide bonds. The van der Waals surface area contributed by atoms with E-state index in [-0.39, 0.29) is 13.2 Å². The van der Waals surface area contributed by atoms with Crippen LogP contribution < -0.4 is 25.0 Å². The van der Waals surface area contributed by atoms with Gasteiger partial charge in [0, 0.05) is 15.6 Å². The van der Waals surface area contributed by atoms with Crippen LogP contribution in [0.4, 0.5) is 0 Å². The smallest absolute Gasteiger partial charge is 0.259 e. The fourth-order valence-corrected chi connectivity index (χ4v) is 2.70. The summed E-state index contributed by atoms with van der Waals surface area (Å²) in [6, 6.07) is 9.99. The number of nitrogens with one attached hydrogen (secondary N) is 2. The Bertz CT molecular complexity index is 985. The zero-order chi connectivity index (χ0) is 21.9. The van der Waals surface area contributed by atoms with Gasteiger partial charge in [0.1, 0.15) is 12.4 Å². The quantitative estimate of drug-likeness (QED) is 0.331. The molecule has 0 saturated heterocycles. The number of halogens is 1. The van der Waals surface area contributed by atoms with Crippen LogP contribution in [0.2, 0.25) is 0 Å². The average molecular weight is 474 g/mol. The minimum atomic E-state index is -0.499. The Morgan fingerprint density at radius 3 is 2.57 bits per heavy atom. The van der Waals surface area contributed by atoms with Crippen LogP contribution in [0.3, 0.4) is 0 Å². The molecule has 30 heavy (non-hydrogen) atoms. The van der Waals surface area contributed by atoms with E-state index in [2.05, 4.69) is 37.7 Å². The summed E-state index contributed by atoms with van der Waals surface area (Å²) in [5.41, 5.74) is 3.29. The van der Waals surface area contributed by atoms with Gasteiger partial charge in [-0.3, -0.25) is 9.59 Å². The van der Waals surface area contributed by atoms with Crippen LogP contribution in [0.5, 0.6) is 17.2 Å². The molecule has 0 aliphatic carbocycles. The van der Waals surface area contributed by atoms with Crippen molar-refractivity contribution in [2.45, 2.75) is 0 Å². The third-order valence-corrected chi connectivity index (χ3v) is 4.22. The van der Waals surface area contributed by atoms with Gasteiger partial charge in [-0.25, -0.2) is 5.43 Å². The Hall–Kier alpha value is -3.51. The molecule has 2 N–H and O–H groups in total. The molecule has 0 aromatic heterocycles. The number of ether oxygens (including phenoxy) is 3. The van der Waals surface area contributed by atoms with Crippen molar-refractivity contribution in [3.63, 3.8) is 0 Å². The van der Waals surface area contributed by atoms with E-state index in [4.69, 9.17) is 20.6 Å².